The summed E-state index contributed by atoms with van der Waals surface area (Å²) in [6.07, 6.45) is 7.39. The number of benzene rings is 2. The minimum atomic E-state index is -0.206. The van der Waals surface area contributed by atoms with Crippen molar-refractivity contribution < 1.29 is 9.53 Å². The summed E-state index contributed by atoms with van der Waals surface area (Å²) in [6.45, 7) is 4.33. The van der Waals surface area contributed by atoms with Crippen LogP contribution in [0.25, 0.3) is 0 Å². The summed E-state index contributed by atoms with van der Waals surface area (Å²) in [5.41, 5.74) is 4.41. The number of carbonyl (C=O) groups excluding carboxylic acids is 1. The zero-order chi connectivity index (χ0) is 18.9. The van der Waals surface area contributed by atoms with Gasteiger partial charge in [0.2, 0.25) is 0 Å². The molecule has 0 radical (unpaired) electrons. The van der Waals surface area contributed by atoms with E-state index in [1.54, 1.807) is 0 Å². The molecular weight excluding hydrogens is 334 g/mol. The standard InChI is InChI=1S/C24H29NO2/c1-3-24(4-2)16-21(20-11-7-8-12-22(20)27-24)25-23(26)19-14-13-17-9-5-6-10-18(17)15-19/h7-8,11-15,21H,3-6,9-10,16H2,1-2H3,(H,25,26). The predicted octanol–water partition coefficient (Wildman–Crippen LogP) is 5.38. The van der Waals surface area contributed by atoms with Crippen molar-refractivity contribution in [2.24, 2.45) is 0 Å². The Labute approximate surface area is 162 Å². The van der Waals surface area contributed by atoms with Gasteiger partial charge in [-0.05, 0) is 67.9 Å². The van der Waals surface area contributed by atoms with Gasteiger partial charge in [0, 0.05) is 17.5 Å². The molecule has 0 fully saturated rings. The van der Waals surface area contributed by atoms with E-state index < -0.39 is 0 Å². The number of fused-ring (bicyclic) bond motifs is 2. The topological polar surface area (TPSA) is 38.3 Å². The van der Waals surface area contributed by atoms with Crippen molar-refractivity contribution in [1.82, 2.24) is 5.32 Å². The predicted molar refractivity (Wildman–Crippen MR) is 108 cm³/mol. The van der Waals surface area contributed by atoms with E-state index in [4.69, 9.17) is 4.74 Å². The third kappa shape index (κ3) is 3.47. The minimum Gasteiger partial charge on any atom is -0.487 e. The smallest absolute Gasteiger partial charge is 0.251 e. The third-order valence-electron chi connectivity index (χ3n) is 6.40. The fourth-order valence-electron chi connectivity index (χ4n) is 4.55. The maximum atomic E-state index is 13.0. The number of amides is 1. The molecule has 2 aromatic rings. The summed E-state index contributed by atoms with van der Waals surface area (Å²) < 4.78 is 6.36. The van der Waals surface area contributed by atoms with Crippen LogP contribution in [0.15, 0.2) is 42.5 Å². The van der Waals surface area contributed by atoms with Crippen molar-refractivity contribution in [1.29, 1.82) is 0 Å². The monoisotopic (exact) mass is 363 g/mol. The molecule has 1 aliphatic heterocycles. The number of aryl methyl sites for hydroxylation is 2. The molecule has 3 nitrogen and oxygen atoms in total. The SMILES string of the molecule is CCC1(CC)CC(NC(=O)c2ccc3c(c2)CCCC3)c2ccccc2O1. The van der Waals surface area contributed by atoms with Gasteiger partial charge in [-0.1, -0.05) is 38.1 Å². The highest BCUT2D eigenvalue weighted by atomic mass is 16.5. The first-order valence-electron chi connectivity index (χ1n) is 10.3. The second-order valence-electron chi connectivity index (χ2n) is 7.95. The Kier molecular flexibility index (Phi) is 4.94. The molecule has 0 saturated heterocycles. The van der Waals surface area contributed by atoms with Crippen molar-refractivity contribution in [2.75, 3.05) is 0 Å². The highest BCUT2D eigenvalue weighted by molar-refractivity contribution is 5.94. The van der Waals surface area contributed by atoms with Gasteiger partial charge in [-0.25, -0.2) is 0 Å². The van der Waals surface area contributed by atoms with E-state index in [1.807, 2.05) is 24.3 Å². The number of ether oxygens (including phenoxy) is 1. The summed E-state index contributed by atoms with van der Waals surface area (Å²) in [4.78, 5) is 13.0. The number of rotatable bonds is 4. The van der Waals surface area contributed by atoms with Crippen LogP contribution >= 0.6 is 0 Å². The lowest BCUT2D eigenvalue weighted by Crippen LogP contribution is -2.44. The van der Waals surface area contributed by atoms with Crippen molar-refractivity contribution in [2.45, 2.75) is 70.4 Å². The van der Waals surface area contributed by atoms with Gasteiger partial charge in [-0.15, -0.1) is 0 Å². The van der Waals surface area contributed by atoms with Gasteiger partial charge in [0.15, 0.2) is 0 Å². The van der Waals surface area contributed by atoms with Crippen molar-refractivity contribution in [3.8, 4) is 5.75 Å². The van der Waals surface area contributed by atoms with E-state index in [1.165, 1.54) is 24.0 Å². The van der Waals surface area contributed by atoms with Crippen LogP contribution in [-0.2, 0) is 12.8 Å². The van der Waals surface area contributed by atoms with Crippen molar-refractivity contribution >= 4 is 5.91 Å². The van der Waals surface area contributed by atoms with Crippen LogP contribution in [-0.4, -0.2) is 11.5 Å². The molecule has 27 heavy (non-hydrogen) atoms. The first-order valence-corrected chi connectivity index (χ1v) is 10.3. The Morgan fingerprint density at radius 1 is 1.07 bits per heavy atom. The van der Waals surface area contributed by atoms with E-state index in [0.717, 1.165) is 49.0 Å². The molecule has 1 amide bonds. The fourth-order valence-corrected chi connectivity index (χ4v) is 4.55. The Morgan fingerprint density at radius 2 is 1.81 bits per heavy atom. The van der Waals surface area contributed by atoms with Gasteiger partial charge in [0.25, 0.3) is 5.91 Å². The van der Waals surface area contributed by atoms with Crippen LogP contribution < -0.4 is 10.1 Å². The molecular formula is C24H29NO2. The second kappa shape index (κ2) is 7.38. The molecule has 1 unspecified atom stereocenters. The first-order chi connectivity index (χ1) is 13.1. The van der Waals surface area contributed by atoms with Crippen molar-refractivity contribution in [3.63, 3.8) is 0 Å². The van der Waals surface area contributed by atoms with Gasteiger partial charge in [-0.2, -0.15) is 0 Å². The van der Waals surface area contributed by atoms with Gasteiger partial charge in [0.05, 0.1) is 6.04 Å². The minimum absolute atomic E-state index is 0.0154. The van der Waals surface area contributed by atoms with E-state index in [-0.39, 0.29) is 17.6 Å². The Balaban J connectivity index is 1.60. The molecule has 3 heteroatoms. The van der Waals surface area contributed by atoms with Gasteiger partial charge >= 0.3 is 0 Å². The molecule has 2 aromatic carbocycles. The van der Waals surface area contributed by atoms with E-state index in [2.05, 4.69) is 37.4 Å². The largest absolute Gasteiger partial charge is 0.487 e. The number of nitrogens with one attached hydrogen (secondary N) is 1. The maximum Gasteiger partial charge on any atom is 0.251 e. The Morgan fingerprint density at radius 3 is 2.59 bits per heavy atom. The first kappa shape index (κ1) is 18.1. The molecule has 0 spiro atoms. The highest BCUT2D eigenvalue weighted by Gasteiger charge is 2.39. The molecule has 1 N–H and O–H groups in total. The van der Waals surface area contributed by atoms with E-state index >= 15 is 0 Å². The molecule has 1 heterocycles. The van der Waals surface area contributed by atoms with Gasteiger partial charge in [-0.3, -0.25) is 4.79 Å². The molecule has 1 aliphatic carbocycles. The third-order valence-corrected chi connectivity index (χ3v) is 6.40. The lowest BCUT2D eigenvalue weighted by molar-refractivity contribution is 0.0227. The van der Waals surface area contributed by atoms with E-state index in [0.29, 0.717) is 0 Å². The van der Waals surface area contributed by atoms with Crippen molar-refractivity contribution in [3.05, 3.63) is 64.7 Å². The quantitative estimate of drug-likeness (QED) is 0.792. The summed E-state index contributed by atoms with van der Waals surface area (Å²) in [7, 11) is 0. The average Bonchev–Trinajstić information content (AvgIpc) is 2.73. The normalized spacial score (nSPS) is 20.1. The Bertz CT molecular complexity index is 838. The maximum absolute atomic E-state index is 13.0. The molecule has 142 valence electrons. The summed E-state index contributed by atoms with van der Waals surface area (Å²) >= 11 is 0. The fraction of sp³-hybridized carbons (Fsp3) is 0.458. The molecule has 2 aliphatic rings. The lowest BCUT2D eigenvalue weighted by atomic mass is 9.83. The van der Waals surface area contributed by atoms with Crippen LogP contribution in [0.1, 0.15) is 79.0 Å². The number of hydrogen-bond acceptors (Lipinski definition) is 2. The average molecular weight is 364 g/mol. The summed E-state index contributed by atoms with van der Waals surface area (Å²) in [6, 6.07) is 14.3. The van der Waals surface area contributed by atoms with E-state index in [9.17, 15) is 4.79 Å². The van der Waals surface area contributed by atoms with Gasteiger partial charge < -0.3 is 10.1 Å². The van der Waals surface area contributed by atoms with Crippen LogP contribution in [0.3, 0.4) is 0 Å². The van der Waals surface area contributed by atoms with Crippen LogP contribution in [0.2, 0.25) is 0 Å². The van der Waals surface area contributed by atoms with Crippen LogP contribution in [0, 0.1) is 0 Å². The summed E-state index contributed by atoms with van der Waals surface area (Å²) in [5.74, 6) is 0.925. The second-order valence-corrected chi connectivity index (χ2v) is 7.95. The highest BCUT2D eigenvalue weighted by Crippen LogP contribution is 2.42. The molecule has 0 aromatic heterocycles. The number of carbonyl (C=O) groups is 1. The molecule has 0 bridgehead atoms. The molecule has 0 saturated carbocycles. The Hall–Kier alpha value is -2.29. The van der Waals surface area contributed by atoms with Gasteiger partial charge in [0.1, 0.15) is 11.4 Å². The summed E-state index contributed by atoms with van der Waals surface area (Å²) in [5, 5.41) is 3.30. The number of hydrogen-bond donors (Lipinski definition) is 1. The van der Waals surface area contributed by atoms with Crippen LogP contribution in [0.4, 0.5) is 0 Å². The van der Waals surface area contributed by atoms with Crippen LogP contribution in [0.5, 0.6) is 5.75 Å². The zero-order valence-corrected chi connectivity index (χ0v) is 16.4. The number of para-hydroxylation sites is 1. The zero-order valence-electron chi connectivity index (χ0n) is 16.4. The lowest BCUT2D eigenvalue weighted by Gasteiger charge is -2.41. The molecule has 4 rings (SSSR count). The molecule has 1 atom stereocenters.